The summed E-state index contributed by atoms with van der Waals surface area (Å²) in [7, 11) is 0. The van der Waals surface area contributed by atoms with E-state index < -0.39 is 11.7 Å². The Balaban J connectivity index is 1.94. The first-order chi connectivity index (χ1) is 9.69. The number of anilines is 1. The SMILES string of the molecule is O=Cc1ccccc1OCC(=O)Nc1cccc(F)c1. The fourth-order valence-electron chi connectivity index (χ4n) is 1.62. The van der Waals surface area contributed by atoms with Crippen LogP contribution in [0.1, 0.15) is 10.4 Å². The van der Waals surface area contributed by atoms with Crippen LogP contribution in [0.5, 0.6) is 5.75 Å². The number of carbonyl (C=O) groups is 2. The second-order valence-electron chi connectivity index (χ2n) is 4.00. The minimum atomic E-state index is -0.435. The van der Waals surface area contributed by atoms with Gasteiger partial charge < -0.3 is 10.1 Å². The van der Waals surface area contributed by atoms with Gasteiger partial charge in [-0.1, -0.05) is 18.2 Å². The normalized spacial score (nSPS) is 9.85. The molecular weight excluding hydrogens is 261 g/mol. The van der Waals surface area contributed by atoms with Crippen molar-refractivity contribution in [2.45, 2.75) is 0 Å². The molecule has 0 bridgehead atoms. The topological polar surface area (TPSA) is 55.4 Å². The fourth-order valence-corrected chi connectivity index (χ4v) is 1.62. The number of hydrogen-bond donors (Lipinski definition) is 1. The van der Waals surface area contributed by atoms with E-state index in [4.69, 9.17) is 4.74 Å². The highest BCUT2D eigenvalue weighted by atomic mass is 19.1. The molecule has 0 saturated heterocycles. The van der Waals surface area contributed by atoms with Crippen LogP contribution in [-0.4, -0.2) is 18.8 Å². The largest absolute Gasteiger partial charge is 0.483 e. The standard InChI is InChI=1S/C15H12FNO3/c16-12-5-3-6-13(8-12)17-15(19)10-20-14-7-2-1-4-11(14)9-18/h1-9H,10H2,(H,17,19). The van der Waals surface area contributed by atoms with Crippen LogP contribution in [0, 0.1) is 5.82 Å². The molecule has 0 atom stereocenters. The number of ether oxygens (including phenoxy) is 1. The second kappa shape index (κ2) is 6.47. The van der Waals surface area contributed by atoms with Crippen molar-refractivity contribution in [1.82, 2.24) is 0 Å². The third kappa shape index (κ3) is 3.65. The average Bonchev–Trinajstić information content (AvgIpc) is 2.45. The summed E-state index contributed by atoms with van der Waals surface area (Å²) in [5, 5.41) is 2.50. The maximum Gasteiger partial charge on any atom is 0.262 e. The van der Waals surface area contributed by atoms with Gasteiger partial charge in [0.25, 0.3) is 5.91 Å². The zero-order chi connectivity index (χ0) is 14.4. The van der Waals surface area contributed by atoms with E-state index >= 15 is 0 Å². The first kappa shape index (κ1) is 13.7. The van der Waals surface area contributed by atoms with Crippen LogP contribution in [0.4, 0.5) is 10.1 Å². The van der Waals surface area contributed by atoms with E-state index in [1.807, 2.05) is 0 Å². The number of rotatable bonds is 5. The number of aldehydes is 1. The van der Waals surface area contributed by atoms with Crippen LogP contribution >= 0.6 is 0 Å². The summed E-state index contributed by atoms with van der Waals surface area (Å²) in [6.07, 6.45) is 0.653. The van der Waals surface area contributed by atoms with Crippen molar-refractivity contribution >= 4 is 17.9 Å². The third-order valence-electron chi connectivity index (χ3n) is 2.51. The Bertz CT molecular complexity index is 628. The summed E-state index contributed by atoms with van der Waals surface area (Å²) in [5.41, 5.74) is 0.716. The molecule has 2 aromatic rings. The number of hydrogen-bond acceptors (Lipinski definition) is 3. The van der Waals surface area contributed by atoms with E-state index in [2.05, 4.69) is 5.32 Å². The van der Waals surface area contributed by atoms with Crippen molar-refractivity contribution in [3.63, 3.8) is 0 Å². The minimum Gasteiger partial charge on any atom is -0.483 e. The summed E-state index contributed by atoms with van der Waals surface area (Å²) >= 11 is 0. The summed E-state index contributed by atoms with van der Waals surface area (Å²) < 4.78 is 18.2. The van der Waals surface area contributed by atoms with Gasteiger partial charge in [0.05, 0.1) is 5.56 Å². The van der Waals surface area contributed by atoms with Crippen LogP contribution in [0.15, 0.2) is 48.5 Å². The summed E-state index contributed by atoms with van der Waals surface area (Å²) in [5.74, 6) is -0.539. The molecule has 20 heavy (non-hydrogen) atoms. The Kier molecular flexibility index (Phi) is 4.44. The molecule has 102 valence electrons. The quantitative estimate of drug-likeness (QED) is 0.852. The van der Waals surface area contributed by atoms with Crippen molar-refractivity contribution in [1.29, 1.82) is 0 Å². The van der Waals surface area contributed by atoms with Gasteiger partial charge in [-0.05, 0) is 30.3 Å². The van der Waals surface area contributed by atoms with Crippen molar-refractivity contribution in [3.8, 4) is 5.75 Å². The Morgan fingerprint density at radius 1 is 1.20 bits per heavy atom. The molecule has 1 amide bonds. The molecule has 0 aliphatic heterocycles. The molecule has 0 spiro atoms. The van der Waals surface area contributed by atoms with E-state index in [1.54, 1.807) is 30.3 Å². The average molecular weight is 273 g/mol. The van der Waals surface area contributed by atoms with Crippen LogP contribution in [-0.2, 0) is 4.79 Å². The van der Waals surface area contributed by atoms with Crippen LogP contribution < -0.4 is 10.1 Å². The summed E-state index contributed by atoms with van der Waals surface area (Å²) in [4.78, 5) is 22.4. The third-order valence-corrected chi connectivity index (χ3v) is 2.51. The summed E-state index contributed by atoms with van der Waals surface area (Å²) in [6.45, 7) is -0.263. The Labute approximate surface area is 115 Å². The molecule has 0 aliphatic rings. The molecule has 0 heterocycles. The summed E-state index contributed by atoms with van der Waals surface area (Å²) in [6, 6.07) is 12.1. The van der Waals surface area contributed by atoms with E-state index in [-0.39, 0.29) is 6.61 Å². The smallest absolute Gasteiger partial charge is 0.262 e. The predicted octanol–water partition coefficient (Wildman–Crippen LogP) is 2.66. The molecule has 2 aromatic carbocycles. The molecule has 0 radical (unpaired) electrons. The molecule has 0 aromatic heterocycles. The molecule has 0 saturated carbocycles. The van der Waals surface area contributed by atoms with Crippen molar-refractivity contribution in [2.75, 3.05) is 11.9 Å². The van der Waals surface area contributed by atoms with Crippen LogP contribution in [0.3, 0.4) is 0 Å². The van der Waals surface area contributed by atoms with Crippen molar-refractivity contribution in [2.24, 2.45) is 0 Å². The Morgan fingerprint density at radius 3 is 2.75 bits per heavy atom. The van der Waals surface area contributed by atoms with Crippen molar-refractivity contribution < 1.29 is 18.7 Å². The Morgan fingerprint density at radius 2 is 2.00 bits per heavy atom. The van der Waals surface area contributed by atoms with E-state index in [1.165, 1.54) is 18.2 Å². The molecular formula is C15H12FNO3. The maximum absolute atomic E-state index is 12.9. The van der Waals surface area contributed by atoms with Gasteiger partial charge in [-0.25, -0.2) is 4.39 Å². The lowest BCUT2D eigenvalue weighted by Crippen LogP contribution is -2.20. The predicted molar refractivity (Wildman–Crippen MR) is 72.4 cm³/mol. The van der Waals surface area contributed by atoms with Crippen molar-refractivity contribution in [3.05, 3.63) is 59.9 Å². The number of para-hydroxylation sites is 1. The van der Waals surface area contributed by atoms with Gasteiger partial charge in [0.2, 0.25) is 0 Å². The lowest BCUT2D eigenvalue weighted by molar-refractivity contribution is -0.118. The van der Waals surface area contributed by atoms with Gasteiger partial charge in [0.15, 0.2) is 12.9 Å². The molecule has 5 heteroatoms. The van der Waals surface area contributed by atoms with E-state index in [9.17, 15) is 14.0 Å². The molecule has 1 N–H and O–H groups in total. The lowest BCUT2D eigenvalue weighted by Gasteiger charge is -2.08. The van der Waals surface area contributed by atoms with Gasteiger partial charge >= 0.3 is 0 Å². The van der Waals surface area contributed by atoms with E-state index in [0.29, 0.717) is 23.3 Å². The number of benzene rings is 2. The van der Waals surface area contributed by atoms with E-state index in [0.717, 1.165) is 0 Å². The second-order valence-corrected chi connectivity index (χ2v) is 4.00. The zero-order valence-electron chi connectivity index (χ0n) is 10.5. The van der Waals surface area contributed by atoms with Gasteiger partial charge in [0.1, 0.15) is 11.6 Å². The number of carbonyl (C=O) groups excluding carboxylic acids is 2. The minimum absolute atomic E-state index is 0.263. The molecule has 0 unspecified atom stereocenters. The van der Waals surface area contributed by atoms with Gasteiger partial charge in [-0.15, -0.1) is 0 Å². The van der Waals surface area contributed by atoms with Gasteiger partial charge in [-0.3, -0.25) is 9.59 Å². The number of halogens is 1. The first-order valence-corrected chi connectivity index (χ1v) is 5.91. The van der Waals surface area contributed by atoms with Gasteiger partial charge in [0, 0.05) is 5.69 Å². The number of nitrogens with one attached hydrogen (secondary N) is 1. The van der Waals surface area contributed by atoms with Crippen LogP contribution in [0.2, 0.25) is 0 Å². The lowest BCUT2D eigenvalue weighted by atomic mass is 10.2. The highest BCUT2D eigenvalue weighted by molar-refractivity contribution is 5.92. The highest BCUT2D eigenvalue weighted by Crippen LogP contribution is 2.15. The first-order valence-electron chi connectivity index (χ1n) is 5.91. The molecule has 0 fully saturated rings. The molecule has 2 rings (SSSR count). The fraction of sp³-hybridized carbons (Fsp3) is 0.0667. The maximum atomic E-state index is 12.9. The molecule has 0 aliphatic carbocycles. The van der Waals surface area contributed by atoms with Crippen LogP contribution in [0.25, 0.3) is 0 Å². The Hall–Kier alpha value is -2.69. The van der Waals surface area contributed by atoms with Gasteiger partial charge in [-0.2, -0.15) is 0 Å². The monoisotopic (exact) mass is 273 g/mol. The number of amides is 1. The highest BCUT2D eigenvalue weighted by Gasteiger charge is 2.06. The molecule has 4 nitrogen and oxygen atoms in total. The zero-order valence-corrected chi connectivity index (χ0v) is 10.5.